The third kappa shape index (κ3) is 6.88. The minimum atomic E-state index is -0.711. The van der Waals surface area contributed by atoms with E-state index < -0.39 is 6.09 Å². The van der Waals surface area contributed by atoms with Gasteiger partial charge in [-0.3, -0.25) is 0 Å². The van der Waals surface area contributed by atoms with E-state index in [1.54, 1.807) is 6.92 Å². The minimum Gasteiger partial charge on any atom is -0.450 e. The number of hydrogen-bond acceptors (Lipinski definition) is 2. The van der Waals surface area contributed by atoms with Crippen molar-refractivity contribution < 1.29 is 9.53 Å². The molecule has 0 radical (unpaired) electrons. The lowest BCUT2D eigenvalue weighted by molar-refractivity contribution is 0.163. The molecule has 0 atom stereocenters. The highest BCUT2D eigenvalue weighted by atomic mass is 16.5. The van der Waals surface area contributed by atoms with Gasteiger partial charge in [-0.25, -0.2) is 4.79 Å². The van der Waals surface area contributed by atoms with Crippen molar-refractivity contribution >= 4 is 6.09 Å². The molecule has 2 rings (SSSR count). The number of nitrogens with two attached hydrogens (primary N) is 1. The minimum absolute atomic E-state index is 0.356. The fourth-order valence-corrected chi connectivity index (χ4v) is 1.57. The topological polar surface area (TPSA) is 52.3 Å². The van der Waals surface area contributed by atoms with Crippen molar-refractivity contribution in [2.24, 2.45) is 5.73 Å². The molecule has 100 valence electrons. The molecule has 2 aromatic carbocycles. The Labute approximate surface area is 114 Å². The van der Waals surface area contributed by atoms with Gasteiger partial charge < -0.3 is 10.5 Å². The van der Waals surface area contributed by atoms with Gasteiger partial charge in [0.05, 0.1) is 6.61 Å². The van der Waals surface area contributed by atoms with E-state index in [9.17, 15) is 4.79 Å². The van der Waals surface area contributed by atoms with E-state index in [4.69, 9.17) is 0 Å². The molecule has 19 heavy (non-hydrogen) atoms. The van der Waals surface area contributed by atoms with E-state index in [1.165, 1.54) is 11.1 Å². The van der Waals surface area contributed by atoms with Gasteiger partial charge in [0.1, 0.15) is 0 Å². The molecule has 2 N–H and O–H groups in total. The molecule has 2 aromatic rings. The summed E-state index contributed by atoms with van der Waals surface area (Å²) in [6, 6.07) is 21.1. The maximum atomic E-state index is 9.60. The Balaban J connectivity index is 0.000000258. The van der Waals surface area contributed by atoms with E-state index in [1.807, 2.05) is 0 Å². The average molecular weight is 257 g/mol. The number of amides is 1. The van der Waals surface area contributed by atoms with Crippen molar-refractivity contribution in [2.75, 3.05) is 6.61 Å². The summed E-state index contributed by atoms with van der Waals surface area (Å²) in [5.74, 6) is 0. The van der Waals surface area contributed by atoms with Gasteiger partial charge in [-0.05, 0) is 24.5 Å². The molecule has 3 heteroatoms. The molecule has 0 aliphatic rings. The molecule has 0 aliphatic carbocycles. The number of primary amides is 1. The lowest BCUT2D eigenvalue weighted by atomic mass is 10.1. The van der Waals surface area contributed by atoms with Gasteiger partial charge in [-0.1, -0.05) is 60.7 Å². The summed E-state index contributed by atoms with van der Waals surface area (Å²) in [5.41, 5.74) is 7.28. The molecule has 0 aromatic heterocycles. The van der Waals surface area contributed by atoms with Crippen molar-refractivity contribution in [3.63, 3.8) is 0 Å². The molecule has 1 amide bonds. The van der Waals surface area contributed by atoms with Crippen LogP contribution in [0.2, 0.25) is 0 Å². The largest absolute Gasteiger partial charge is 0.450 e. The average Bonchev–Trinajstić information content (AvgIpc) is 2.41. The van der Waals surface area contributed by atoms with Gasteiger partial charge in [-0.2, -0.15) is 0 Å². The van der Waals surface area contributed by atoms with Gasteiger partial charge in [-0.15, -0.1) is 0 Å². The van der Waals surface area contributed by atoms with Gasteiger partial charge in [0, 0.05) is 0 Å². The van der Waals surface area contributed by atoms with Crippen LogP contribution in [0.3, 0.4) is 0 Å². The standard InChI is InChI=1S/C13H12.C3H7NO2/c1-3-7-12(8-4-1)11-13-9-5-2-6-10-13;1-2-6-3(4)5/h1-10H,11H2;2H2,1H3,(H2,4,5). The Kier molecular flexibility index (Phi) is 6.80. The van der Waals surface area contributed by atoms with E-state index in [2.05, 4.69) is 71.1 Å². The zero-order valence-corrected chi connectivity index (χ0v) is 11.1. The second-order valence-electron chi connectivity index (χ2n) is 3.90. The van der Waals surface area contributed by atoms with Gasteiger partial charge in [0.15, 0.2) is 0 Å². The normalized spacial score (nSPS) is 9.11. The first-order valence-corrected chi connectivity index (χ1v) is 6.22. The SMILES string of the molecule is CCOC(N)=O.c1ccc(Cc2ccccc2)cc1. The lowest BCUT2D eigenvalue weighted by Crippen LogP contribution is -2.11. The highest BCUT2D eigenvalue weighted by molar-refractivity contribution is 5.64. The number of hydrogen-bond donors (Lipinski definition) is 1. The summed E-state index contributed by atoms with van der Waals surface area (Å²) < 4.78 is 4.18. The second-order valence-corrected chi connectivity index (χ2v) is 3.90. The number of rotatable bonds is 3. The third-order valence-corrected chi connectivity index (χ3v) is 2.38. The van der Waals surface area contributed by atoms with Crippen LogP contribution in [0.15, 0.2) is 60.7 Å². The third-order valence-electron chi connectivity index (χ3n) is 2.38. The van der Waals surface area contributed by atoms with Crippen LogP contribution in [0.25, 0.3) is 0 Å². The molecule has 0 aliphatic heterocycles. The Morgan fingerprint density at radius 1 is 0.947 bits per heavy atom. The highest BCUT2D eigenvalue weighted by Crippen LogP contribution is 2.07. The predicted octanol–water partition coefficient (Wildman–Crippen LogP) is 3.38. The van der Waals surface area contributed by atoms with Crippen LogP contribution in [0, 0.1) is 0 Å². The smallest absolute Gasteiger partial charge is 0.404 e. The maximum absolute atomic E-state index is 9.60. The summed E-state index contributed by atoms with van der Waals surface area (Å²) in [4.78, 5) is 9.60. The van der Waals surface area contributed by atoms with Gasteiger partial charge in [0.25, 0.3) is 0 Å². The lowest BCUT2D eigenvalue weighted by Gasteiger charge is -2.00. The van der Waals surface area contributed by atoms with Crippen molar-refractivity contribution in [3.8, 4) is 0 Å². The molecule has 0 spiro atoms. The van der Waals surface area contributed by atoms with Crippen molar-refractivity contribution in [1.82, 2.24) is 0 Å². The van der Waals surface area contributed by atoms with Crippen molar-refractivity contribution in [3.05, 3.63) is 71.8 Å². The van der Waals surface area contributed by atoms with Crippen LogP contribution in [0.4, 0.5) is 4.79 Å². The number of carbonyl (C=O) groups is 1. The number of carbonyl (C=O) groups excluding carboxylic acids is 1. The fraction of sp³-hybridized carbons (Fsp3) is 0.188. The van der Waals surface area contributed by atoms with Crippen molar-refractivity contribution in [2.45, 2.75) is 13.3 Å². The van der Waals surface area contributed by atoms with Crippen LogP contribution in [0.1, 0.15) is 18.1 Å². The molecule has 0 heterocycles. The highest BCUT2D eigenvalue weighted by Gasteiger charge is 1.92. The summed E-state index contributed by atoms with van der Waals surface area (Å²) in [6.07, 6.45) is 0.319. The second kappa shape index (κ2) is 8.75. The molecule has 3 nitrogen and oxygen atoms in total. The van der Waals surface area contributed by atoms with Crippen molar-refractivity contribution in [1.29, 1.82) is 0 Å². The van der Waals surface area contributed by atoms with Crippen LogP contribution in [0.5, 0.6) is 0 Å². The van der Waals surface area contributed by atoms with Gasteiger partial charge >= 0.3 is 6.09 Å². The van der Waals surface area contributed by atoms with E-state index in [0.717, 1.165) is 6.42 Å². The first-order valence-electron chi connectivity index (χ1n) is 6.22. The van der Waals surface area contributed by atoms with E-state index in [-0.39, 0.29) is 0 Å². The first kappa shape index (κ1) is 14.8. The zero-order chi connectivity index (χ0) is 13.9. The van der Waals surface area contributed by atoms with Crippen LogP contribution >= 0.6 is 0 Å². The molecule has 0 fully saturated rings. The summed E-state index contributed by atoms with van der Waals surface area (Å²) in [7, 11) is 0. The van der Waals surface area contributed by atoms with Crippen LogP contribution in [-0.4, -0.2) is 12.7 Å². The zero-order valence-electron chi connectivity index (χ0n) is 11.1. The monoisotopic (exact) mass is 257 g/mol. The molecule has 0 bridgehead atoms. The number of benzene rings is 2. The molecular formula is C16H19NO2. The van der Waals surface area contributed by atoms with E-state index in [0.29, 0.717) is 6.61 Å². The quantitative estimate of drug-likeness (QED) is 0.916. The maximum Gasteiger partial charge on any atom is 0.404 e. The summed E-state index contributed by atoms with van der Waals surface area (Å²) in [6.45, 7) is 2.06. The molecule has 0 saturated carbocycles. The Hall–Kier alpha value is -2.29. The first-order chi connectivity index (χ1) is 9.22. The molecular weight excluding hydrogens is 238 g/mol. The Bertz CT molecular complexity index is 431. The predicted molar refractivity (Wildman–Crippen MR) is 76.9 cm³/mol. The van der Waals surface area contributed by atoms with E-state index >= 15 is 0 Å². The summed E-state index contributed by atoms with van der Waals surface area (Å²) in [5, 5.41) is 0. The Morgan fingerprint density at radius 3 is 1.63 bits per heavy atom. The molecule has 0 saturated heterocycles. The summed E-state index contributed by atoms with van der Waals surface area (Å²) >= 11 is 0. The van der Waals surface area contributed by atoms with Gasteiger partial charge in [0.2, 0.25) is 0 Å². The fourth-order valence-electron chi connectivity index (χ4n) is 1.57. The Morgan fingerprint density at radius 2 is 1.37 bits per heavy atom. The number of ether oxygens (including phenoxy) is 1. The van der Waals surface area contributed by atoms with Crippen LogP contribution < -0.4 is 5.73 Å². The molecule has 0 unspecified atom stereocenters. The van der Waals surface area contributed by atoms with Crippen LogP contribution in [-0.2, 0) is 11.2 Å².